The summed E-state index contributed by atoms with van der Waals surface area (Å²) >= 11 is 0. The minimum Gasteiger partial charge on any atom is -0.383 e. The minimum absolute atomic E-state index is 0.0100. The molecule has 0 unspecified atom stereocenters. The molecule has 0 fully saturated rings. The van der Waals surface area contributed by atoms with Crippen molar-refractivity contribution < 1.29 is 13.2 Å². The molecule has 0 radical (unpaired) electrons. The number of hydrogen-bond acceptors (Lipinski definition) is 6. The lowest BCUT2D eigenvalue weighted by molar-refractivity contribution is 0.0986. The SMILES string of the molecule is CCCCN(C(=O)c1cccc(S(=O)(=O)N(CC)CC)c1)c1c(N)n(CC(C)C)c(=O)[nH]c1=O. The summed E-state index contributed by atoms with van der Waals surface area (Å²) in [5.74, 6) is -0.601. The largest absolute Gasteiger partial charge is 0.383 e. The maximum absolute atomic E-state index is 13.6. The lowest BCUT2D eigenvalue weighted by atomic mass is 10.1. The van der Waals surface area contributed by atoms with Crippen LogP contribution in [0.4, 0.5) is 11.5 Å². The Bertz CT molecular complexity index is 1230. The number of unbranched alkanes of at least 4 members (excludes halogenated alkanes) is 1. The van der Waals surface area contributed by atoms with E-state index in [9.17, 15) is 22.8 Å². The first-order chi connectivity index (χ1) is 16.0. The summed E-state index contributed by atoms with van der Waals surface area (Å²) in [7, 11) is -3.78. The number of amides is 1. The number of nitrogens with zero attached hydrogens (tertiary/aromatic N) is 3. The van der Waals surface area contributed by atoms with Gasteiger partial charge in [0.2, 0.25) is 10.0 Å². The summed E-state index contributed by atoms with van der Waals surface area (Å²) in [6, 6.07) is 5.74. The van der Waals surface area contributed by atoms with Crippen LogP contribution < -0.4 is 21.9 Å². The van der Waals surface area contributed by atoms with E-state index < -0.39 is 27.2 Å². The van der Waals surface area contributed by atoms with Crippen LogP contribution in [-0.4, -0.2) is 47.8 Å². The molecular weight excluding hydrogens is 458 g/mol. The Labute approximate surface area is 200 Å². The highest BCUT2D eigenvalue weighted by molar-refractivity contribution is 7.89. The minimum atomic E-state index is -3.78. The van der Waals surface area contributed by atoms with Crippen molar-refractivity contribution in [3.05, 3.63) is 50.7 Å². The van der Waals surface area contributed by atoms with Crippen molar-refractivity contribution >= 4 is 27.4 Å². The topological polar surface area (TPSA) is 139 Å². The van der Waals surface area contributed by atoms with Crippen molar-refractivity contribution in [1.82, 2.24) is 13.9 Å². The van der Waals surface area contributed by atoms with Crippen molar-refractivity contribution in [3.8, 4) is 0 Å². The van der Waals surface area contributed by atoms with Crippen LogP contribution in [0.15, 0.2) is 38.8 Å². The maximum atomic E-state index is 13.6. The van der Waals surface area contributed by atoms with Crippen LogP contribution in [0, 0.1) is 5.92 Å². The fraction of sp³-hybridized carbons (Fsp3) is 0.522. The highest BCUT2D eigenvalue weighted by atomic mass is 32.2. The van der Waals surface area contributed by atoms with Crippen molar-refractivity contribution in [2.24, 2.45) is 5.92 Å². The molecule has 2 aromatic rings. The number of hydrogen-bond donors (Lipinski definition) is 2. The fourth-order valence-corrected chi connectivity index (χ4v) is 5.18. The molecule has 0 saturated carbocycles. The van der Waals surface area contributed by atoms with Crippen LogP contribution >= 0.6 is 0 Å². The maximum Gasteiger partial charge on any atom is 0.330 e. The van der Waals surface area contributed by atoms with Gasteiger partial charge in [-0.2, -0.15) is 4.31 Å². The molecule has 0 spiro atoms. The van der Waals surface area contributed by atoms with Gasteiger partial charge in [0.15, 0.2) is 5.69 Å². The van der Waals surface area contributed by atoms with Gasteiger partial charge in [-0.1, -0.05) is 47.1 Å². The molecule has 1 heterocycles. The Hall–Kier alpha value is -2.92. The van der Waals surface area contributed by atoms with Gasteiger partial charge in [-0.25, -0.2) is 13.2 Å². The molecule has 0 aliphatic rings. The number of nitrogens with two attached hydrogens (primary N) is 1. The first-order valence-corrected chi connectivity index (χ1v) is 13.0. The van der Waals surface area contributed by atoms with Crippen LogP contribution in [0.2, 0.25) is 0 Å². The van der Waals surface area contributed by atoms with Crippen molar-refractivity contribution in [2.45, 2.75) is 58.9 Å². The molecule has 2 rings (SSSR count). The lowest BCUT2D eigenvalue weighted by Gasteiger charge is -2.25. The number of nitrogen functional groups attached to an aromatic ring is 1. The number of aromatic amines is 1. The van der Waals surface area contributed by atoms with Crippen molar-refractivity contribution in [3.63, 3.8) is 0 Å². The quantitative estimate of drug-likeness (QED) is 0.492. The van der Waals surface area contributed by atoms with Crippen LogP contribution in [0.1, 0.15) is 57.8 Å². The smallest absolute Gasteiger partial charge is 0.330 e. The zero-order chi connectivity index (χ0) is 25.6. The van der Waals surface area contributed by atoms with E-state index in [0.717, 1.165) is 6.42 Å². The molecule has 0 atom stereocenters. The third-order valence-electron chi connectivity index (χ3n) is 5.44. The van der Waals surface area contributed by atoms with E-state index in [1.165, 1.54) is 38.0 Å². The average molecular weight is 494 g/mol. The first-order valence-electron chi connectivity index (χ1n) is 11.5. The summed E-state index contributed by atoms with van der Waals surface area (Å²) in [6.45, 7) is 10.3. The summed E-state index contributed by atoms with van der Waals surface area (Å²) in [6.07, 6.45) is 1.31. The Morgan fingerprint density at radius 2 is 1.79 bits per heavy atom. The number of nitrogens with one attached hydrogen (secondary N) is 1. The standard InChI is InChI=1S/C23H35N5O5S/c1-6-9-13-27(19-20(24)28(15-16(4)5)23(31)25-21(19)29)22(30)17-11-10-12-18(14-17)34(32,33)26(7-2)8-3/h10-12,14,16H,6-9,13,15,24H2,1-5H3,(H,25,29,31). The summed E-state index contributed by atoms with van der Waals surface area (Å²) in [5.41, 5.74) is 4.82. The molecule has 10 nitrogen and oxygen atoms in total. The van der Waals surface area contributed by atoms with Gasteiger partial charge in [-0.05, 0) is 30.5 Å². The summed E-state index contributed by atoms with van der Waals surface area (Å²) < 4.78 is 28.5. The summed E-state index contributed by atoms with van der Waals surface area (Å²) in [4.78, 5) is 42.2. The molecule has 0 saturated heterocycles. The molecule has 11 heteroatoms. The Kier molecular flexibility index (Phi) is 9.22. The van der Waals surface area contributed by atoms with Crippen LogP contribution in [0.3, 0.4) is 0 Å². The monoisotopic (exact) mass is 493 g/mol. The fourth-order valence-electron chi connectivity index (χ4n) is 3.67. The Balaban J connectivity index is 2.64. The van der Waals surface area contributed by atoms with E-state index in [2.05, 4.69) is 4.98 Å². The predicted octanol–water partition coefficient (Wildman–Crippen LogP) is 2.25. The van der Waals surface area contributed by atoms with E-state index in [-0.39, 0.29) is 41.0 Å². The zero-order valence-electron chi connectivity index (χ0n) is 20.5. The van der Waals surface area contributed by atoms with Gasteiger partial charge in [0.1, 0.15) is 5.82 Å². The molecule has 1 aromatic carbocycles. The number of carbonyl (C=O) groups excluding carboxylic acids is 1. The van der Waals surface area contributed by atoms with Gasteiger partial charge >= 0.3 is 5.69 Å². The predicted molar refractivity (Wildman–Crippen MR) is 134 cm³/mol. The second-order valence-corrected chi connectivity index (χ2v) is 10.4. The van der Waals surface area contributed by atoms with Gasteiger partial charge in [0, 0.05) is 31.7 Å². The normalized spacial score (nSPS) is 11.9. The number of H-pyrrole nitrogens is 1. The molecule has 0 aliphatic heterocycles. The van der Waals surface area contributed by atoms with Gasteiger partial charge in [-0.15, -0.1) is 0 Å². The highest BCUT2D eigenvalue weighted by Gasteiger charge is 2.27. The van der Waals surface area contributed by atoms with Gasteiger partial charge in [-0.3, -0.25) is 19.1 Å². The van der Waals surface area contributed by atoms with Gasteiger partial charge in [0.05, 0.1) is 4.90 Å². The van der Waals surface area contributed by atoms with E-state index in [0.29, 0.717) is 19.5 Å². The zero-order valence-corrected chi connectivity index (χ0v) is 21.3. The lowest BCUT2D eigenvalue weighted by Crippen LogP contribution is -2.42. The van der Waals surface area contributed by atoms with Crippen LogP contribution in [0.5, 0.6) is 0 Å². The first kappa shape index (κ1) is 27.3. The third-order valence-corrected chi connectivity index (χ3v) is 7.48. The number of carbonyl (C=O) groups is 1. The van der Waals surface area contributed by atoms with Crippen molar-refractivity contribution in [2.75, 3.05) is 30.3 Å². The number of aromatic nitrogens is 2. The summed E-state index contributed by atoms with van der Waals surface area (Å²) in [5, 5.41) is 0. The van der Waals surface area contributed by atoms with Gasteiger partial charge < -0.3 is 10.6 Å². The Morgan fingerprint density at radius 3 is 2.35 bits per heavy atom. The molecule has 0 bridgehead atoms. The molecule has 0 aliphatic carbocycles. The second kappa shape index (κ2) is 11.5. The highest BCUT2D eigenvalue weighted by Crippen LogP contribution is 2.23. The molecule has 1 amide bonds. The van der Waals surface area contributed by atoms with E-state index >= 15 is 0 Å². The van der Waals surface area contributed by atoms with E-state index in [1.54, 1.807) is 13.8 Å². The molecule has 34 heavy (non-hydrogen) atoms. The number of sulfonamides is 1. The molecule has 1 aromatic heterocycles. The second-order valence-electron chi connectivity index (χ2n) is 8.43. The van der Waals surface area contributed by atoms with Crippen LogP contribution in [-0.2, 0) is 16.6 Å². The van der Waals surface area contributed by atoms with E-state index in [4.69, 9.17) is 5.73 Å². The number of anilines is 2. The number of benzene rings is 1. The third kappa shape index (κ3) is 5.76. The molecule has 3 N–H and O–H groups in total. The Morgan fingerprint density at radius 1 is 1.15 bits per heavy atom. The van der Waals surface area contributed by atoms with Crippen molar-refractivity contribution in [1.29, 1.82) is 0 Å². The molecule has 188 valence electrons. The van der Waals surface area contributed by atoms with Gasteiger partial charge in [0.25, 0.3) is 11.5 Å². The number of rotatable bonds is 11. The van der Waals surface area contributed by atoms with E-state index in [1.807, 2.05) is 20.8 Å². The average Bonchev–Trinajstić information content (AvgIpc) is 2.78. The van der Waals surface area contributed by atoms with Crippen LogP contribution in [0.25, 0.3) is 0 Å². The molecular formula is C23H35N5O5S.